The molecule has 3 aromatic heterocycles. The minimum atomic E-state index is -0.253. The maximum Gasteiger partial charge on any atom is 0.227 e. The number of benzene rings is 1. The van der Waals surface area contributed by atoms with Crippen LogP contribution < -0.4 is 10.6 Å². The molecule has 0 bridgehead atoms. The summed E-state index contributed by atoms with van der Waals surface area (Å²) in [5.74, 6) is 0.786. The predicted octanol–water partition coefficient (Wildman–Crippen LogP) is 4.98. The SMILES string of the molecule is O=C(CCSc1nnc(NC(=O)CCc2nc(-c3ccccn3)no2)s1)Nc1ccc(Cl)c(Cl)c1. The molecule has 35 heavy (non-hydrogen) atoms. The van der Waals surface area contributed by atoms with Gasteiger partial charge in [-0.1, -0.05) is 57.5 Å². The number of aromatic nitrogens is 5. The fraction of sp³-hybridized carbons (Fsp3) is 0.190. The highest BCUT2D eigenvalue weighted by molar-refractivity contribution is 8.01. The van der Waals surface area contributed by atoms with Crippen molar-refractivity contribution in [3.8, 4) is 11.5 Å². The number of amides is 2. The second-order valence-corrected chi connectivity index (χ2v) is 10.1. The van der Waals surface area contributed by atoms with Gasteiger partial charge in [0.25, 0.3) is 0 Å². The van der Waals surface area contributed by atoms with E-state index < -0.39 is 0 Å². The lowest BCUT2D eigenvalue weighted by Gasteiger charge is -2.05. The van der Waals surface area contributed by atoms with E-state index in [9.17, 15) is 9.59 Å². The molecule has 2 N–H and O–H groups in total. The predicted molar refractivity (Wildman–Crippen MR) is 135 cm³/mol. The molecule has 0 aliphatic carbocycles. The van der Waals surface area contributed by atoms with Crippen LogP contribution in [0.15, 0.2) is 51.5 Å². The molecule has 0 spiro atoms. The first-order chi connectivity index (χ1) is 17.0. The molecule has 0 unspecified atom stereocenters. The van der Waals surface area contributed by atoms with Crippen molar-refractivity contribution in [1.29, 1.82) is 0 Å². The van der Waals surface area contributed by atoms with Crippen molar-refractivity contribution in [1.82, 2.24) is 25.3 Å². The second-order valence-electron chi connectivity index (χ2n) is 6.92. The molecule has 0 atom stereocenters. The van der Waals surface area contributed by atoms with Gasteiger partial charge in [-0.3, -0.25) is 14.6 Å². The number of pyridine rings is 1. The van der Waals surface area contributed by atoms with E-state index in [0.717, 1.165) is 0 Å². The van der Waals surface area contributed by atoms with Crippen molar-refractivity contribution in [2.45, 2.75) is 23.6 Å². The van der Waals surface area contributed by atoms with Gasteiger partial charge in [0, 0.05) is 36.9 Å². The van der Waals surface area contributed by atoms with Gasteiger partial charge in [-0.15, -0.1) is 10.2 Å². The number of thioether (sulfide) groups is 1. The van der Waals surface area contributed by atoms with E-state index in [4.69, 9.17) is 27.7 Å². The summed E-state index contributed by atoms with van der Waals surface area (Å²) in [5.41, 5.74) is 1.17. The van der Waals surface area contributed by atoms with E-state index >= 15 is 0 Å². The Hall–Kier alpha value is -3.06. The fourth-order valence-corrected chi connectivity index (χ4v) is 4.78. The molecule has 4 aromatic rings. The summed E-state index contributed by atoms with van der Waals surface area (Å²) >= 11 is 14.4. The summed E-state index contributed by atoms with van der Waals surface area (Å²) in [6.45, 7) is 0. The second kappa shape index (κ2) is 12.1. The third-order valence-corrected chi connectivity index (χ3v) is 7.05. The smallest absolute Gasteiger partial charge is 0.227 e. The molecule has 180 valence electrons. The van der Waals surface area contributed by atoms with E-state index in [1.54, 1.807) is 36.5 Å². The molecule has 14 heteroatoms. The van der Waals surface area contributed by atoms with Crippen molar-refractivity contribution in [3.05, 3.63) is 58.5 Å². The van der Waals surface area contributed by atoms with E-state index in [2.05, 4.69) is 36.0 Å². The van der Waals surface area contributed by atoms with Crippen LogP contribution in [0.25, 0.3) is 11.5 Å². The highest BCUT2D eigenvalue weighted by Crippen LogP contribution is 2.27. The Morgan fingerprint density at radius 3 is 2.69 bits per heavy atom. The minimum absolute atomic E-state index is 0.140. The lowest BCUT2D eigenvalue weighted by atomic mass is 10.3. The van der Waals surface area contributed by atoms with Crippen LogP contribution in [0.4, 0.5) is 10.8 Å². The maximum absolute atomic E-state index is 12.2. The molecule has 0 saturated carbocycles. The molecule has 3 heterocycles. The van der Waals surface area contributed by atoms with Gasteiger partial charge in [-0.05, 0) is 30.3 Å². The van der Waals surface area contributed by atoms with Crippen LogP contribution in [-0.4, -0.2) is 42.9 Å². The van der Waals surface area contributed by atoms with Crippen molar-refractivity contribution < 1.29 is 14.1 Å². The average molecular weight is 550 g/mol. The number of halogens is 2. The number of carbonyl (C=O) groups is 2. The Balaban J connectivity index is 1.17. The van der Waals surface area contributed by atoms with Crippen LogP contribution in [0.3, 0.4) is 0 Å². The van der Waals surface area contributed by atoms with E-state index in [1.807, 2.05) is 6.07 Å². The minimum Gasteiger partial charge on any atom is -0.339 e. The van der Waals surface area contributed by atoms with Crippen molar-refractivity contribution in [2.24, 2.45) is 0 Å². The molecule has 0 aliphatic heterocycles. The average Bonchev–Trinajstić information content (AvgIpc) is 3.50. The number of nitrogens with one attached hydrogen (secondary N) is 2. The zero-order chi connectivity index (χ0) is 24.6. The monoisotopic (exact) mass is 549 g/mol. The van der Waals surface area contributed by atoms with Crippen LogP contribution in [0.2, 0.25) is 10.0 Å². The lowest BCUT2D eigenvalue weighted by Crippen LogP contribution is -2.12. The first-order valence-electron chi connectivity index (χ1n) is 10.2. The number of rotatable bonds is 10. The highest BCUT2D eigenvalue weighted by Gasteiger charge is 2.13. The fourth-order valence-electron chi connectivity index (χ4n) is 2.70. The Bertz CT molecular complexity index is 1320. The van der Waals surface area contributed by atoms with E-state index in [-0.39, 0.29) is 31.1 Å². The van der Waals surface area contributed by atoms with Gasteiger partial charge in [0.15, 0.2) is 4.34 Å². The van der Waals surface area contributed by atoms with E-state index in [0.29, 0.717) is 48.4 Å². The Kier molecular flexibility index (Phi) is 8.64. The summed E-state index contributed by atoms with van der Waals surface area (Å²) in [7, 11) is 0. The summed E-state index contributed by atoms with van der Waals surface area (Å²) in [4.78, 5) is 32.8. The van der Waals surface area contributed by atoms with Gasteiger partial charge in [-0.2, -0.15) is 4.98 Å². The number of nitrogens with zero attached hydrogens (tertiary/aromatic N) is 5. The summed E-state index contributed by atoms with van der Waals surface area (Å²) in [6.07, 6.45) is 2.32. The summed E-state index contributed by atoms with van der Waals surface area (Å²) in [5, 5.41) is 18.5. The quantitative estimate of drug-likeness (QED) is 0.207. The Morgan fingerprint density at radius 1 is 1.03 bits per heavy atom. The largest absolute Gasteiger partial charge is 0.339 e. The van der Waals surface area contributed by atoms with Gasteiger partial charge in [-0.25, -0.2) is 0 Å². The van der Waals surface area contributed by atoms with Crippen LogP contribution in [0, 0.1) is 0 Å². The summed E-state index contributed by atoms with van der Waals surface area (Å²) < 4.78 is 5.82. The third-order valence-electron chi connectivity index (χ3n) is 4.34. The third kappa shape index (κ3) is 7.46. The van der Waals surface area contributed by atoms with Crippen molar-refractivity contribution in [2.75, 3.05) is 16.4 Å². The van der Waals surface area contributed by atoms with Gasteiger partial charge in [0.1, 0.15) is 5.69 Å². The van der Waals surface area contributed by atoms with Crippen LogP contribution in [-0.2, 0) is 16.0 Å². The molecule has 4 rings (SSSR count). The van der Waals surface area contributed by atoms with Crippen LogP contribution in [0.5, 0.6) is 0 Å². The van der Waals surface area contributed by atoms with Crippen molar-refractivity contribution >= 4 is 68.9 Å². The first-order valence-corrected chi connectivity index (χ1v) is 12.8. The molecular weight excluding hydrogens is 533 g/mol. The Labute approximate surface area is 217 Å². The number of hydrogen-bond acceptors (Lipinski definition) is 10. The molecule has 10 nitrogen and oxygen atoms in total. The van der Waals surface area contributed by atoms with Crippen LogP contribution in [0.1, 0.15) is 18.7 Å². The summed E-state index contributed by atoms with van der Waals surface area (Å²) in [6, 6.07) is 10.3. The van der Waals surface area contributed by atoms with Crippen LogP contribution >= 0.6 is 46.3 Å². The molecule has 0 fully saturated rings. The lowest BCUT2D eigenvalue weighted by molar-refractivity contribution is -0.116. The zero-order valence-electron chi connectivity index (χ0n) is 17.9. The van der Waals surface area contributed by atoms with Gasteiger partial charge in [0.2, 0.25) is 28.7 Å². The molecule has 1 aromatic carbocycles. The number of anilines is 2. The standard InChI is InChI=1S/C21H17Cl2N7O3S2/c22-13-5-4-12(11-14(13)23)25-17(32)8-10-34-21-29-28-20(35-21)26-16(31)6-7-18-27-19(30-33-18)15-3-1-2-9-24-15/h1-5,9,11H,6-8,10H2,(H,25,32)(H,26,28,31). The van der Waals surface area contributed by atoms with Gasteiger partial charge < -0.3 is 15.2 Å². The topological polar surface area (TPSA) is 136 Å². The molecule has 0 radical (unpaired) electrons. The Morgan fingerprint density at radius 2 is 1.89 bits per heavy atom. The number of hydrogen-bond donors (Lipinski definition) is 2. The zero-order valence-corrected chi connectivity index (χ0v) is 21.0. The molecule has 0 saturated heterocycles. The molecular formula is C21H17Cl2N7O3S2. The van der Waals surface area contributed by atoms with Gasteiger partial charge >= 0.3 is 0 Å². The molecule has 2 amide bonds. The highest BCUT2D eigenvalue weighted by atomic mass is 35.5. The molecule has 0 aliphatic rings. The van der Waals surface area contributed by atoms with Gasteiger partial charge in [0.05, 0.1) is 10.0 Å². The van der Waals surface area contributed by atoms with E-state index in [1.165, 1.54) is 23.1 Å². The maximum atomic E-state index is 12.2. The number of carbonyl (C=O) groups excluding carboxylic acids is 2. The van der Waals surface area contributed by atoms with Crippen molar-refractivity contribution in [3.63, 3.8) is 0 Å². The normalized spacial score (nSPS) is 10.8. The first kappa shape index (κ1) is 25.0. The number of aryl methyl sites for hydroxylation is 1.